The standard InChI is InChI=1S/C16H20BrNOS/c17-13-8-6-12(7-9-13)15(11-18)16(19)5-1-3-14-4-2-10-20-14/h2,4,6-10,15-16,19H,1,3,5,11,18H2. The molecule has 108 valence electrons. The molecule has 2 atom stereocenters. The lowest BCUT2D eigenvalue weighted by atomic mass is 9.90. The Morgan fingerprint density at radius 2 is 1.95 bits per heavy atom. The Morgan fingerprint density at radius 3 is 2.55 bits per heavy atom. The van der Waals surface area contributed by atoms with Gasteiger partial charge >= 0.3 is 0 Å². The van der Waals surface area contributed by atoms with E-state index in [4.69, 9.17) is 5.73 Å². The minimum atomic E-state index is -0.374. The van der Waals surface area contributed by atoms with Gasteiger partial charge in [0.05, 0.1) is 6.10 Å². The van der Waals surface area contributed by atoms with Crippen molar-refractivity contribution in [2.75, 3.05) is 6.54 Å². The Labute approximate surface area is 132 Å². The number of hydrogen-bond donors (Lipinski definition) is 2. The van der Waals surface area contributed by atoms with Crippen LogP contribution in [0.1, 0.15) is 29.2 Å². The monoisotopic (exact) mass is 353 g/mol. The number of hydrogen-bond acceptors (Lipinski definition) is 3. The van der Waals surface area contributed by atoms with Gasteiger partial charge in [-0.1, -0.05) is 34.1 Å². The lowest BCUT2D eigenvalue weighted by Crippen LogP contribution is -2.26. The van der Waals surface area contributed by atoms with Crippen LogP contribution in [0.5, 0.6) is 0 Å². The minimum Gasteiger partial charge on any atom is -0.392 e. The van der Waals surface area contributed by atoms with Crippen LogP contribution in [0.3, 0.4) is 0 Å². The Hall–Kier alpha value is -0.680. The van der Waals surface area contributed by atoms with Gasteiger partial charge in [-0.05, 0) is 48.4 Å². The molecule has 0 saturated carbocycles. The molecule has 2 aromatic rings. The van der Waals surface area contributed by atoms with Crippen molar-refractivity contribution in [1.82, 2.24) is 0 Å². The number of thiophene rings is 1. The third-order valence-corrected chi connectivity index (χ3v) is 4.98. The van der Waals surface area contributed by atoms with Gasteiger partial charge in [-0.2, -0.15) is 0 Å². The third kappa shape index (κ3) is 4.42. The fraction of sp³-hybridized carbons (Fsp3) is 0.375. The molecule has 2 nitrogen and oxygen atoms in total. The molecular formula is C16H20BrNOS. The molecule has 0 bridgehead atoms. The number of nitrogens with two attached hydrogens (primary N) is 1. The molecule has 0 fully saturated rings. The van der Waals surface area contributed by atoms with Gasteiger partial charge in [0.15, 0.2) is 0 Å². The highest BCUT2D eigenvalue weighted by atomic mass is 79.9. The van der Waals surface area contributed by atoms with Crippen LogP contribution in [-0.2, 0) is 6.42 Å². The van der Waals surface area contributed by atoms with Crippen LogP contribution >= 0.6 is 27.3 Å². The van der Waals surface area contributed by atoms with Gasteiger partial charge in [-0.3, -0.25) is 0 Å². The van der Waals surface area contributed by atoms with E-state index in [1.807, 2.05) is 24.3 Å². The number of rotatable bonds is 7. The van der Waals surface area contributed by atoms with Gasteiger partial charge in [-0.15, -0.1) is 11.3 Å². The average molecular weight is 354 g/mol. The van der Waals surface area contributed by atoms with E-state index >= 15 is 0 Å². The summed E-state index contributed by atoms with van der Waals surface area (Å²) in [4.78, 5) is 1.38. The van der Waals surface area contributed by atoms with Gasteiger partial charge < -0.3 is 10.8 Å². The topological polar surface area (TPSA) is 46.2 Å². The van der Waals surface area contributed by atoms with Crippen molar-refractivity contribution in [3.05, 3.63) is 56.7 Å². The van der Waals surface area contributed by atoms with E-state index in [9.17, 15) is 5.11 Å². The summed E-state index contributed by atoms with van der Waals surface area (Å²) < 4.78 is 1.05. The highest BCUT2D eigenvalue weighted by molar-refractivity contribution is 9.10. The zero-order valence-electron chi connectivity index (χ0n) is 11.3. The van der Waals surface area contributed by atoms with E-state index in [1.54, 1.807) is 11.3 Å². The Bertz CT molecular complexity index is 498. The second-order valence-corrected chi connectivity index (χ2v) is 6.88. The maximum atomic E-state index is 10.4. The summed E-state index contributed by atoms with van der Waals surface area (Å²) >= 11 is 5.20. The second-order valence-electron chi connectivity index (χ2n) is 4.93. The van der Waals surface area contributed by atoms with Crippen molar-refractivity contribution in [2.24, 2.45) is 5.73 Å². The lowest BCUT2D eigenvalue weighted by molar-refractivity contribution is 0.133. The molecular weight excluding hydrogens is 334 g/mol. The Balaban J connectivity index is 1.88. The molecule has 0 aliphatic carbocycles. The van der Waals surface area contributed by atoms with Gasteiger partial charge in [0.1, 0.15) is 0 Å². The maximum absolute atomic E-state index is 10.4. The van der Waals surface area contributed by atoms with E-state index in [1.165, 1.54) is 4.88 Å². The summed E-state index contributed by atoms with van der Waals surface area (Å²) in [7, 11) is 0. The molecule has 0 radical (unpaired) electrons. The molecule has 2 unspecified atom stereocenters. The summed E-state index contributed by atoms with van der Waals surface area (Å²) in [6.07, 6.45) is 2.44. The van der Waals surface area contributed by atoms with E-state index in [-0.39, 0.29) is 12.0 Å². The first-order valence-corrected chi connectivity index (χ1v) is 8.54. The quantitative estimate of drug-likeness (QED) is 0.791. The largest absolute Gasteiger partial charge is 0.392 e. The highest BCUT2D eigenvalue weighted by Gasteiger charge is 2.19. The number of aryl methyl sites for hydroxylation is 1. The Kier molecular flexibility index (Phi) is 6.23. The first-order chi connectivity index (χ1) is 9.70. The van der Waals surface area contributed by atoms with Gasteiger partial charge in [0.2, 0.25) is 0 Å². The zero-order chi connectivity index (χ0) is 14.4. The van der Waals surface area contributed by atoms with Crippen molar-refractivity contribution in [2.45, 2.75) is 31.3 Å². The van der Waals surface area contributed by atoms with Crippen LogP contribution in [0.25, 0.3) is 0 Å². The number of benzene rings is 1. The molecule has 0 aliphatic heterocycles. The fourth-order valence-corrected chi connectivity index (χ4v) is 3.38. The Morgan fingerprint density at radius 1 is 1.20 bits per heavy atom. The lowest BCUT2D eigenvalue weighted by Gasteiger charge is -2.22. The predicted molar refractivity (Wildman–Crippen MR) is 89.2 cm³/mol. The van der Waals surface area contributed by atoms with Crippen LogP contribution in [0.4, 0.5) is 0 Å². The van der Waals surface area contributed by atoms with E-state index in [0.29, 0.717) is 6.54 Å². The smallest absolute Gasteiger partial charge is 0.0621 e. The zero-order valence-corrected chi connectivity index (χ0v) is 13.7. The summed E-state index contributed by atoms with van der Waals surface area (Å²) in [6, 6.07) is 12.3. The molecule has 0 saturated heterocycles. The molecule has 0 aliphatic rings. The molecule has 1 aromatic carbocycles. The van der Waals surface area contributed by atoms with Crippen molar-refractivity contribution in [3.63, 3.8) is 0 Å². The minimum absolute atomic E-state index is 0.0198. The van der Waals surface area contributed by atoms with Crippen molar-refractivity contribution in [3.8, 4) is 0 Å². The van der Waals surface area contributed by atoms with Crippen LogP contribution in [0.15, 0.2) is 46.3 Å². The van der Waals surface area contributed by atoms with Gasteiger partial charge in [0, 0.05) is 21.8 Å². The van der Waals surface area contributed by atoms with Gasteiger partial charge in [-0.25, -0.2) is 0 Å². The second kappa shape index (κ2) is 7.93. The summed E-state index contributed by atoms with van der Waals surface area (Å²) in [5.41, 5.74) is 6.95. The molecule has 1 heterocycles. The van der Waals surface area contributed by atoms with Crippen molar-refractivity contribution >= 4 is 27.3 Å². The van der Waals surface area contributed by atoms with Crippen LogP contribution in [0.2, 0.25) is 0 Å². The highest BCUT2D eigenvalue weighted by Crippen LogP contribution is 2.24. The summed E-state index contributed by atoms with van der Waals surface area (Å²) in [6.45, 7) is 0.474. The van der Waals surface area contributed by atoms with E-state index in [2.05, 4.69) is 33.4 Å². The maximum Gasteiger partial charge on any atom is 0.0621 e. The van der Waals surface area contributed by atoms with Crippen molar-refractivity contribution < 1.29 is 5.11 Å². The SMILES string of the molecule is NCC(c1ccc(Br)cc1)C(O)CCCc1cccs1. The van der Waals surface area contributed by atoms with Crippen LogP contribution < -0.4 is 5.73 Å². The molecule has 0 spiro atoms. The molecule has 0 amide bonds. The average Bonchev–Trinajstić information content (AvgIpc) is 2.95. The predicted octanol–water partition coefficient (Wildman–Crippen LogP) is 3.94. The molecule has 3 N–H and O–H groups in total. The molecule has 20 heavy (non-hydrogen) atoms. The van der Waals surface area contributed by atoms with Crippen LogP contribution in [0, 0.1) is 0 Å². The number of halogens is 1. The number of aliphatic hydroxyl groups is 1. The van der Waals surface area contributed by atoms with E-state index in [0.717, 1.165) is 29.3 Å². The van der Waals surface area contributed by atoms with Gasteiger partial charge in [0.25, 0.3) is 0 Å². The summed E-state index contributed by atoms with van der Waals surface area (Å²) in [5, 5.41) is 12.5. The third-order valence-electron chi connectivity index (χ3n) is 3.52. The normalized spacial score (nSPS) is 14.2. The number of aliphatic hydroxyl groups excluding tert-OH is 1. The van der Waals surface area contributed by atoms with E-state index < -0.39 is 0 Å². The molecule has 2 rings (SSSR count). The first-order valence-electron chi connectivity index (χ1n) is 6.86. The fourth-order valence-electron chi connectivity index (χ4n) is 2.37. The summed E-state index contributed by atoms with van der Waals surface area (Å²) in [5.74, 6) is 0.0198. The molecule has 4 heteroatoms. The first kappa shape index (κ1) is 15.7. The molecule has 1 aromatic heterocycles. The van der Waals surface area contributed by atoms with Crippen LogP contribution in [-0.4, -0.2) is 17.8 Å². The van der Waals surface area contributed by atoms with Crippen molar-refractivity contribution in [1.29, 1.82) is 0 Å².